The van der Waals surface area contributed by atoms with Crippen LogP contribution in [-0.2, 0) is 6.42 Å². The van der Waals surface area contributed by atoms with E-state index in [1.165, 1.54) is 6.20 Å². The summed E-state index contributed by atoms with van der Waals surface area (Å²) in [5.74, 6) is -0.352. The minimum Gasteiger partial charge on any atom is -0.314 e. The topological polar surface area (TPSA) is 24.9 Å². The molecule has 1 saturated carbocycles. The molecule has 0 radical (unpaired) electrons. The van der Waals surface area contributed by atoms with Crippen LogP contribution in [-0.4, -0.2) is 17.6 Å². The Morgan fingerprint density at radius 1 is 1.64 bits per heavy atom. The highest BCUT2D eigenvalue weighted by Crippen LogP contribution is 2.38. The van der Waals surface area contributed by atoms with Gasteiger partial charge in [0.2, 0.25) is 5.95 Å². The standard InChI is InChI=1S/C10H12BrFN2/c1-13-10(2-3-10)5-7-4-8(11)6-14-9(7)12/h4,6,13H,2-3,5H2,1H3. The van der Waals surface area contributed by atoms with E-state index < -0.39 is 0 Å². The lowest BCUT2D eigenvalue weighted by atomic mass is 10.1. The summed E-state index contributed by atoms with van der Waals surface area (Å²) in [4.78, 5) is 3.68. The molecule has 1 aromatic heterocycles. The normalized spacial score (nSPS) is 18.2. The number of halogens is 2. The van der Waals surface area contributed by atoms with Crippen LogP contribution in [0.5, 0.6) is 0 Å². The third kappa shape index (κ3) is 1.96. The van der Waals surface area contributed by atoms with Gasteiger partial charge in [-0.05, 0) is 48.3 Å². The van der Waals surface area contributed by atoms with E-state index in [2.05, 4.69) is 26.2 Å². The molecule has 1 aliphatic rings. The molecule has 4 heteroatoms. The Bertz CT molecular complexity index is 350. The van der Waals surface area contributed by atoms with Crippen LogP contribution < -0.4 is 5.32 Å². The van der Waals surface area contributed by atoms with Crippen molar-refractivity contribution < 1.29 is 4.39 Å². The van der Waals surface area contributed by atoms with E-state index in [1.807, 2.05) is 7.05 Å². The van der Waals surface area contributed by atoms with Crippen LogP contribution in [0, 0.1) is 5.95 Å². The first kappa shape index (κ1) is 10.1. The van der Waals surface area contributed by atoms with Crippen molar-refractivity contribution in [1.29, 1.82) is 0 Å². The smallest absolute Gasteiger partial charge is 0.216 e. The molecular weight excluding hydrogens is 247 g/mol. The molecule has 76 valence electrons. The summed E-state index contributed by atoms with van der Waals surface area (Å²) in [6.07, 6.45) is 4.45. The van der Waals surface area contributed by atoms with Crippen molar-refractivity contribution in [2.45, 2.75) is 24.8 Å². The molecule has 2 rings (SSSR count). The monoisotopic (exact) mass is 258 g/mol. The number of hydrogen-bond donors (Lipinski definition) is 1. The molecule has 0 unspecified atom stereocenters. The van der Waals surface area contributed by atoms with Gasteiger partial charge in [-0.25, -0.2) is 4.98 Å². The van der Waals surface area contributed by atoms with Crippen LogP contribution in [0.15, 0.2) is 16.7 Å². The molecule has 1 N–H and O–H groups in total. The highest BCUT2D eigenvalue weighted by molar-refractivity contribution is 9.10. The highest BCUT2D eigenvalue weighted by atomic mass is 79.9. The summed E-state index contributed by atoms with van der Waals surface area (Å²) in [5, 5.41) is 3.24. The van der Waals surface area contributed by atoms with Crippen molar-refractivity contribution in [2.75, 3.05) is 7.05 Å². The predicted molar refractivity (Wildman–Crippen MR) is 56.6 cm³/mol. The quantitative estimate of drug-likeness (QED) is 0.842. The number of nitrogens with zero attached hydrogens (tertiary/aromatic N) is 1. The Labute approximate surface area is 91.1 Å². The van der Waals surface area contributed by atoms with Gasteiger partial charge in [-0.3, -0.25) is 0 Å². The predicted octanol–water partition coefficient (Wildman–Crippen LogP) is 2.28. The summed E-state index contributed by atoms with van der Waals surface area (Å²) in [6, 6.07) is 1.81. The summed E-state index contributed by atoms with van der Waals surface area (Å²) in [7, 11) is 1.93. The maximum Gasteiger partial charge on any atom is 0.216 e. The Balaban J connectivity index is 2.20. The third-order valence-electron chi connectivity index (χ3n) is 2.79. The van der Waals surface area contributed by atoms with Gasteiger partial charge in [0.1, 0.15) is 0 Å². The average molecular weight is 259 g/mol. The number of pyridine rings is 1. The molecule has 1 heterocycles. The van der Waals surface area contributed by atoms with Crippen LogP contribution in [0.4, 0.5) is 4.39 Å². The molecule has 0 aliphatic heterocycles. The van der Waals surface area contributed by atoms with Gasteiger partial charge in [0.25, 0.3) is 0 Å². The van der Waals surface area contributed by atoms with Crippen molar-refractivity contribution in [2.24, 2.45) is 0 Å². The van der Waals surface area contributed by atoms with E-state index in [9.17, 15) is 4.39 Å². The molecule has 0 aromatic carbocycles. The van der Waals surface area contributed by atoms with Crippen LogP contribution >= 0.6 is 15.9 Å². The SMILES string of the molecule is CNC1(Cc2cc(Br)cnc2F)CC1. The van der Waals surface area contributed by atoms with Crippen molar-refractivity contribution in [3.8, 4) is 0 Å². The van der Waals surface area contributed by atoms with Crippen molar-refractivity contribution in [3.05, 3.63) is 28.2 Å². The van der Waals surface area contributed by atoms with Gasteiger partial charge in [0.05, 0.1) is 0 Å². The number of likely N-dealkylation sites (N-methyl/N-ethyl adjacent to an activating group) is 1. The van der Waals surface area contributed by atoms with Crippen molar-refractivity contribution >= 4 is 15.9 Å². The zero-order valence-electron chi connectivity index (χ0n) is 7.98. The number of nitrogens with one attached hydrogen (secondary N) is 1. The van der Waals surface area contributed by atoms with E-state index in [-0.39, 0.29) is 11.5 Å². The second kappa shape index (κ2) is 3.59. The summed E-state index contributed by atoms with van der Waals surface area (Å²) < 4.78 is 14.1. The molecule has 0 saturated heterocycles. The fourth-order valence-electron chi connectivity index (χ4n) is 1.62. The molecule has 0 bridgehead atoms. The molecule has 0 spiro atoms. The van der Waals surface area contributed by atoms with Gasteiger partial charge in [-0.15, -0.1) is 0 Å². The van der Waals surface area contributed by atoms with Gasteiger partial charge in [-0.2, -0.15) is 4.39 Å². The molecule has 1 aromatic rings. The first-order chi connectivity index (χ1) is 6.65. The molecule has 1 fully saturated rings. The van der Waals surface area contributed by atoms with Gasteiger partial charge < -0.3 is 5.32 Å². The summed E-state index contributed by atoms with van der Waals surface area (Å²) in [6.45, 7) is 0. The van der Waals surface area contributed by atoms with E-state index in [1.54, 1.807) is 6.07 Å². The number of rotatable bonds is 3. The van der Waals surface area contributed by atoms with Gasteiger partial charge in [0.15, 0.2) is 0 Å². The lowest BCUT2D eigenvalue weighted by molar-refractivity contribution is 0.509. The summed E-state index contributed by atoms with van der Waals surface area (Å²) in [5.41, 5.74) is 0.815. The Morgan fingerprint density at radius 2 is 2.36 bits per heavy atom. The Hall–Kier alpha value is -0.480. The van der Waals surface area contributed by atoms with Crippen LogP contribution in [0.1, 0.15) is 18.4 Å². The third-order valence-corrected chi connectivity index (χ3v) is 3.22. The zero-order chi connectivity index (χ0) is 10.2. The Kier molecular flexibility index (Phi) is 2.58. The second-order valence-electron chi connectivity index (χ2n) is 3.81. The Morgan fingerprint density at radius 3 is 2.93 bits per heavy atom. The van der Waals surface area contributed by atoms with E-state index in [4.69, 9.17) is 0 Å². The lowest BCUT2D eigenvalue weighted by Crippen LogP contribution is -2.30. The highest BCUT2D eigenvalue weighted by Gasteiger charge is 2.41. The van der Waals surface area contributed by atoms with Crippen molar-refractivity contribution in [1.82, 2.24) is 10.3 Å². The summed E-state index contributed by atoms with van der Waals surface area (Å²) >= 11 is 3.30. The maximum atomic E-state index is 13.3. The fraction of sp³-hybridized carbons (Fsp3) is 0.500. The van der Waals surface area contributed by atoms with Crippen LogP contribution in [0.25, 0.3) is 0 Å². The van der Waals surface area contributed by atoms with Crippen LogP contribution in [0.3, 0.4) is 0 Å². The molecule has 1 aliphatic carbocycles. The van der Waals surface area contributed by atoms with E-state index in [0.717, 1.165) is 23.7 Å². The largest absolute Gasteiger partial charge is 0.314 e. The first-order valence-corrected chi connectivity index (χ1v) is 5.43. The van der Waals surface area contributed by atoms with E-state index in [0.29, 0.717) is 5.56 Å². The zero-order valence-corrected chi connectivity index (χ0v) is 9.57. The molecule has 2 nitrogen and oxygen atoms in total. The maximum absolute atomic E-state index is 13.3. The number of aromatic nitrogens is 1. The first-order valence-electron chi connectivity index (χ1n) is 4.64. The average Bonchev–Trinajstić information content (AvgIpc) is 2.92. The minimum absolute atomic E-state index is 0.128. The van der Waals surface area contributed by atoms with Gasteiger partial charge >= 0.3 is 0 Å². The van der Waals surface area contributed by atoms with Gasteiger partial charge in [-0.1, -0.05) is 0 Å². The molecular formula is C10H12BrFN2. The van der Waals surface area contributed by atoms with Crippen molar-refractivity contribution in [3.63, 3.8) is 0 Å². The molecule has 0 amide bonds. The molecule has 14 heavy (non-hydrogen) atoms. The minimum atomic E-state index is -0.352. The fourth-order valence-corrected chi connectivity index (χ4v) is 2.00. The molecule has 0 atom stereocenters. The van der Waals surface area contributed by atoms with Crippen LogP contribution in [0.2, 0.25) is 0 Å². The second-order valence-corrected chi connectivity index (χ2v) is 4.73. The van der Waals surface area contributed by atoms with E-state index >= 15 is 0 Å². The number of hydrogen-bond acceptors (Lipinski definition) is 2. The van der Waals surface area contributed by atoms with Gasteiger partial charge in [0, 0.05) is 21.8 Å². The lowest BCUT2D eigenvalue weighted by Gasteiger charge is -2.13.